The zero-order valence-electron chi connectivity index (χ0n) is 8.75. The van der Waals surface area contributed by atoms with Crippen molar-refractivity contribution in [1.82, 2.24) is 0 Å². The molecule has 0 aliphatic rings. The van der Waals surface area contributed by atoms with Crippen LogP contribution >= 0.6 is 22.6 Å². The highest BCUT2D eigenvalue weighted by atomic mass is 127. The number of hydrogen-bond acceptors (Lipinski definition) is 2. The summed E-state index contributed by atoms with van der Waals surface area (Å²) in [6.07, 6.45) is 0. The smallest absolute Gasteiger partial charge is 0.132 e. The zero-order valence-corrected chi connectivity index (χ0v) is 10.9. The Bertz CT molecular complexity index is 312. The summed E-state index contributed by atoms with van der Waals surface area (Å²) in [6.45, 7) is 4.25. The van der Waals surface area contributed by atoms with Crippen LogP contribution in [0, 0.1) is 9.49 Å². The Labute approximate surface area is 99.0 Å². The second-order valence-electron chi connectivity index (χ2n) is 3.66. The molecule has 0 spiro atoms. The van der Waals surface area contributed by atoms with Crippen molar-refractivity contribution in [3.8, 4) is 5.75 Å². The van der Waals surface area contributed by atoms with Crippen LogP contribution in [0.25, 0.3) is 0 Å². The molecule has 0 saturated heterocycles. The molecule has 0 aromatic heterocycles. The summed E-state index contributed by atoms with van der Waals surface area (Å²) in [5, 5.41) is 0. The van der Waals surface area contributed by atoms with Crippen LogP contribution in [-0.2, 0) is 0 Å². The maximum atomic E-state index is 6.05. The molecule has 2 N–H and O–H groups in total. The van der Waals surface area contributed by atoms with Crippen LogP contribution in [0.4, 0.5) is 0 Å². The molecule has 0 bridgehead atoms. The fourth-order valence-electron chi connectivity index (χ4n) is 1.27. The van der Waals surface area contributed by atoms with E-state index in [2.05, 4.69) is 42.5 Å². The van der Waals surface area contributed by atoms with Gasteiger partial charge in [0.1, 0.15) is 5.75 Å². The second kappa shape index (κ2) is 4.98. The Balaban J connectivity index is 2.96. The molecule has 78 valence electrons. The maximum Gasteiger partial charge on any atom is 0.132 e. The molecule has 0 heterocycles. The van der Waals surface area contributed by atoms with Gasteiger partial charge in [-0.3, -0.25) is 0 Å². The van der Waals surface area contributed by atoms with Gasteiger partial charge < -0.3 is 10.5 Å². The summed E-state index contributed by atoms with van der Waals surface area (Å²) in [5.41, 5.74) is 7.23. The summed E-state index contributed by atoms with van der Waals surface area (Å²) in [4.78, 5) is 0. The van der Waals surface area contributed by atoms with Gasteiger partial charge in [-0.25, -0.2) is 0 Å². The molecule has 14 heavy (non-hydrogen) atoms. The lowest BCUT2D eigenvalue weighted by Gasteiger charge is -2.16. The standard InChI is InChI=1S/C11H16INO/c1-7(2)11(13)8-4-5-10(14-3)9(12)6-8/h4-7,11H,13H2,1-3H3. The predicted molar refractivity (Wildman–Crippen MR) is 67.5 cm³/mol. The van der Waals surface area contributed by atoms with Crippen molar-refractivity contribution in [2.45, 2.75) is 19.9 Å². The van der Waals surface area contributed by atoms with Crippen molar-refractivity contribution in [3.63, 3.8) is 0 Å². The van der Waals surface area contributed by atoms with Gasteiger partial charge in [0, 0.05) is 6.04 Å². The van der Waals surface area contributed by atoms with E-state index in [1.54, 1.807) is 7.11 Å². The Kier molecular flexibility index (Phi) is 4.19. The van der Waals surface area contributed by atoms with Gasteiger partial charge in [-0.1, -0.05) is 19.9 Å². The molecule has 0 amide bonds. The van der Waals surface area contributed by atoms with E-state index in [1.165, 1.54) is 5.56 Å². The van der Waals surface area contributed by atoms with Gasteiger partial charge in [-0.2, -0.15) is 0 Å². The summed E-state index contributed by atoms with van der Waals surface area (Å²) >= 11 is 2.26. The van der Waals surface area contributed by atoms with Crippen LogP contribution in [0.3, 0.4) is 0 Å². The average Bonchev–Trinajstić information content (AvgIpc) is 2.16. The van der Waals surface area contributed by atoms with E-state index >= 15 is 0 Å². The fraction of sp³-hybridized carbons (Fsp3) is 0.455. The first-order chi connectivity index (χ1) is 6.56. The fourth-order valence-corrected chi connectivity index (χ4v) is 2.03. The van der Waals surface area contributed by atoms with Gasteiger partial charge in [0.05, 0.1) is 10.7 Å². The van der Waals surface area contributed by atoms with Crippen molar-refractivity contribution in [3.05, 3.63) is 27.3 Å². The topological polar surface area (TPSA) is 35.2 Å². The molecule has 0 radical (unpaired) electrons. The highest BCUT2D eigenvalue weighted by Gasteiger charge is 2.11. The molecular weight excluding hydrogens is 289 g/mol. The molecule has 0 aliphatic heterocycles. The third kappa shape index (κ3) is 2.60. The first kappa shape index (κ1) is 11.8. The Morgan fingerprint density at radius 2 is 2.00 bits per heavy atom. The van der Waals surface area contributed by atoms with Gasteiger partial charge in [0.2, 0.25) is 0 Å². The predicted octanol–water partition coefficient (Wildman–Crippen LogP) is 2.96. The van der Waals surface area contributed by atoms with Crippen LogP contribution in [0.1, 0.15) is 25.5 Å². The second-order valence-corrected chi connectivity index (χ2v) is 4.83. The lowest BCUT2D eigenvalue weighted by molar-refractivity contribution is 0.411. The Hall–Kier alpha value is -0.290. The van der Waals surface area contributed by atoms with Gasteiger partial charge in [0.25, 0.3) is 0 Å². The summed E-state index contributed by atoms with van der Waals surface area (Å²) in [5.74, 6) is 1.37. The van der Waals surface area contributed by atoms with E-state index < -0.39 is 0 Å². The van der Waals surface area contributed by atoms with E-state index in [0.717, 1.165) is 9.32 Å². The molecule has 2 nitrogen and oxygen atoms in total. The number of hydrogen-bond donors (Lipinski definition) is 1. The van der Waals surface area contributed by atoms with Crippen LogP contribution in [0.5, 0.6) is 5.75 Å². The van der Waals surface area contributed by atoms with Crippen molar-refractivity contribution < 1.29 is 4.74 Å². The summed E-state index contributed by atoms with van der Waals surface area (Å²) in [7, 11) is 1.68. The van der Waals surface area contributed by atoms with Gasteiger partial charge in [0.15, 0.2) is 0 Å². The molecule has 1 aromatic carbocycles. The minimum atomic E-state index is 0.106. The van der Waals surface area contributed by atoms with Crippen molar-refractivity contribution in [1.29, 1.82) is 0 Å². The number of nitrogens with two attached hydrogens (primary N) is 1. The third-order valence-corrected chi connectivity index (χ3v) is 3.12. The van der Waals surface area contributed by atoms with E-state index in [1.807, 2.05) is 12.1 Å². The van der Waals surface area contributed by atoms with Crippen molar-refractivity contribution in [2.24, 2.45) is 11.7 Å². The SMILES string of the molecule is COc1ccc(C(N)C(C)C)cc1I. The van der Waals surface area contributed by atoms with Crippen molar-refractivity contribution >= 4 is 22.6 Å². The van der Waals surface area contributed by atoms with Crippen LogP contribution in [-0.4, -0.2) is 7.11 Å². The lowest BCUT2D eigenvalue weighted by atomic mass is 9.97. The molecule has 1 unspecified atom stereocenters. The Morgan fingerprint density at radius 1 is 1.36 bits per heavy atom. The highest BCUT2D eigenvalue weighted by molar-refractivity contribution is 14.1. The van der Waals surface area contributed by atoms with E-state index in [4.69, 9.17) is 10.5 Å². The zero-order chi connectivity index (χ0) is 10.7. The molecule has 1 rings (SSSR count). The lowest BCUT2D eigenvalue weighted by Crippen LogP contribution is -2.16. The van der Waals surface area contributed by atoms with Gasteiger partial charge in [-0.05, 0) is 46.2 Å². The average molecular weight is 305 g/mol. The number of halogens is 1. The highest BCUT2D eigenvalue weighted by Crippen LogP contribution is 2.26. The number of methoxy groups -OCH3 is 1. The van der Waals surface area contributed by atoms with Gasteiger partial charge in [-0.15, -0.1) is 0 Å². The van der Waals surface area contributed by atoms with Crippen molar-refractivity contribution in [2.75, 3.05) is 7.11 Å². The summed E-state index contributed by atoms with van der Waals surface area (Å²) < 4.78 is 6.30. The maximum absolute atomic E-state index is 6.05. The third-order valence-electron chi connectivity index (χ3n) is 2.28. The molecule has 1 aromatic rings. The first-order valence-electron chi connectivity index (χ1n) is 4.65. The van der Waals surface area contributed by atoms with E-state index in [-0.39, 0.29) is 6.04 Å². The molecule has 3 heteroatoms. The molecule has 1 atom stereocenters. The minimum Gasteiger partial charge on any atom is -0.496 e. The van der Waals surface area contributed by atoms with E-state index in [9.17, 15) is 0 Å². The van der Waals surface area contributed by atoms with Crippen LogP contribution < -0.4 is 10.5 Å². The monoisotopic (exact) mass is 305 g/mol. The normalized spacial score (nSPS) is 13.0. The van der Waals surface area contributed by atoms with Crippen LogP contribution in [0.2, 0.25) is 0 Å². The Morgan fingerprint density at radius 3 is 2.43 bits per heavy atom. The molecular formula is C11H16INO. The minimum absolute atomic E-state index is 0.106. The summed E-state index contributed by atoms with van der Waals surface area (Å²) in [6, 6.07) is 6.20. The van der Waals surface area contributed by atoms with Crippen LogP contribution in [0.15, 0.2) is 18.2 Å². The first-order valence-corrected chi connectivity index (χ1v) is 5.73. The largest absolute Gasteiger partial charge is 0.496 e. The van der Waals surface area contributed by atoms with Gasteiger partial charge >= 0.3 is 0 Å². The molecule has 0 aliphatic carbocycles. The van der Waals surface area contributed by atoms with E-state index in [0.29, 0.717) is 5.92 Å². The molecule has 0 saturated carbocycles. The number of benzene rings is 1. The quantitative estimate of drug-likeness (QED) is 0.872. The molecule has 0 fully saturated rings. The number of ether oxygens (including phenoxy) is 1. The number of rotatable bonds is 3.